The van der Waals surface area contributed by atoms with Gasteiger partial charge in [0.2, 0.25) is 0 Å². The van der Waals surface area contributed by atoms with Crippen molar-refractivity contribution < 1.29 is 32.1 Å². The average molecular weight is 558 g/mol. The highest BCUT2D eigenvalue weighted by molar-refractivity contribution is 7.92. The van der Waals surface area contributed by atoms with Crippen LogP contribution in [-0.2, 0) is 30.5 Å². The molecule has 37 heavy (non-hydrogen) atoms. The van der Waals surface area contributed by atoms with E-state index < -0.39 is 17.8 Å². The van der Waals surface area contributed by atoms with E-state index in [2.05, 4.69) is 42.1 Å². The minimum absolute atomic E-state index is 0.0187. The molecule has 1 unspecified atom stereocenters. The summed E-state index contributed by atoms with van der Waals surface area (Å²) < 4.78 is 46.3. The maximum absolute atomic E-state index is 12.1. The molecule has 0 aliphatic carbocycles. The molecule has 0 saturated carbocycles. The van der Waals surface area contributed by atoms with Gasteiger partial charge in [0.15, 0.2) is 0 Å². The molecule has 2 aromatic rings. The minimum Gasteiger partial charge on any atom is -0.379 e. The van der Waals surface area contributed by atoms with Gasteiger partial charge in [0.05, 0.1) is 24.6 Å². The monoisotopic (exact) mass is 557 g/mol. The number of phosphoric acid groups is 1. The number of anilines is 2. The molecule has 10 nitrogen and oxygen atoms in total. The Kier molecular flexibility index (Phi) is 12.0. The summed E-state index contributed by atoms with van der Waals surface area (Å²) in [5, 5.41) is 0. The smallest absolute Gasteiger partial charge is 0.379 e. The number of hydrogen-bond acceptors (Lipinski definition) is 7. The molecule has 2 aromatic carbocycles. The Labute approximate surface area is 221 Å². The van der Waals surface area contributed by atoms with Crippen LogP contribution in [0.25, 0.3) is 0 Å². The third-order valence-electron chi connectivity index (χ3n) is 5.64. The summed E-state index contributed by atoms with van der Waals surface area (Å²) in [6, 6.07) is 16.5. The Morgan fingerprint density at radius 1 is 0.919 bits per heavy atom. The first-order valence-corrected chi connectivity index (χ1v) is 15.7. The Morgan fingerprint density at radius 3 is 1.97 bits per heavy atom. The zero-order valence-electron chi connectivity index (χ0n) is 22.2. The van der Waals surface area contributed by atoms with Crippen molar-refractivity contribution in [3.05, 3.63) is 60.2 Å². The summed E-state index contributed by atoms with van der Waals surface area (Å²) in [5.74, 6) is 0.429. The molecule has 0 saturated heterocycles. The number of benzene rings is 2. The van der Waals surface area contributed by atoms with Crippen molar-refractivity contribution in [1.29, 1.82) is 0 Å². The Morgan fingerprint density at radius 2 is 1.49 bits per heavy atom. The first-order valence-electron chi connectivity index (χ1n) is 12.3. The van der Waals surface area contributed by atoms with Crippen LogP contribution in [0.4, 0.5) is 11.4 Å². The lowest BCUT2D eigenvalue weighted by atomic mass is 10.1. The average Bonchev–Trinajstić information content (AvgIpc) is 2.82. The highest BCUT2D eigenvalue weighted by Gasteiger charge is 2.28. The Balaban J connectivity index is 2.39. The van der Waals surface area contributed by atoms with E-state index in [9.17, 15) is 22.8 Å². The van der Waals surface area contributed by atoms with Gasteiger partial charge in [-0.1, -0.05) is 58.0 Å². The van der Waals surface area contributed by atoms with Crippen molar-refractivity contribution in [2.45, 2.75) is 40.3 Å². The van der Waals surface area contributed by atoms with Crippen LogP contribution in [0.2, 0.25) is 0 Å². The fourth-order valence-corrected chi connectivity index (χ4v) is 5.49. The molecule has 0 heterocycles. The van der Waals surface area contributed by atoms with Crippen molar-refractivity contribution in [1.82, 2.24) is 4.90 Å². The van der Waals surface area contributed by atoms with Gasteiger partial charge in [-0.05, 0) is 48.8 Å². The van der Waals surface area contributed by atoms with E-state index in [-0.39, 0.29) is 16.2 Å². The molecule has 0 radical (unpaired) electrons. The van der Waals surface area contributed by atoms with Gasteiger partial charge in [-0.25, -0.2) is 13.0 Å². The number of hydrogen-bond donors (Lipinski definition) is 2. The summed E-state index contributed by atoms with van der Waals surface area (Å²) in [5.41, 5.74) is 1.91. The zero-order valence-corrected chi connectivity index (χ0v) is 23.9. The third kappa shape index (κ3) is 10.7. The third-order valence-corrected chi connectivity index (χ3v) is 7.02. The van der Waals surface area contributed by atoms with E-state index in [0.29, 0.717) is 32.2 Å². The molecule has 0 amide bonds. The lowest BCUT2D eigenvalue weighted by molar-refractivity contribution is 0.0520. The maximum atomic E-state index is 12.1. The van der Waals surface area contributed by atoms with Gasteiger partial charge in [0.1, 0.15) is 0 Å². The van der Waals surface area contributed by atoms with Crippen LogP contribution in [0.15, 0.2) is 54.6 Å². The Bertz CT molecular complexity index is 1090. The van der Waals surface area contributed by atoms with Crippen molar-refractivity contribution in [2.24, 2.45) is 5.92 Å². The molecule has 0 spiro atoms. The van der Waals surface area contributed by atoms with Crippen LogP contribution >= 0.6 is 7.82 Å². The van der Waals surface area contributed by atoms with Gasteiger partial charge in [-0.3, -0.25) is 4.90 Å². The van der Waals surface area contributed by atoms with Crippen LogP contribution < -0.4 is 9.37 Å². The fraction of sp³-hybridized carbons (Fsp3) is 0.520. The largest absolute Gasteiger partial charge is 0.492 e. The highest BCUT2D eigenvalue weighted by atomic mass is 32.2. The van der Waals surface area contributed by atoms with E-state index in [4.69, 9.17) is 4.74 Å². The normalized spacial score (nSPS) is 13.2. The van der Waals surface area contributed by atoms with Crippen LogP contribution in [0.3, 0.4) is 0 Å². The van der Waals surface area contributed by atoms with Crippen LogP contribution in [0.1, 0.15) is 33.3 Å². The van der Waals surface area contributed by atoms with E-state index in [1.165, 1.54) is 12.1 Å². The van der Waals surface area contributed by atoms with Crippen molar-refractivity contribution in [2.75, 3.05) is 48.5 Å². The summed E-state index contributed by atoms with van der Waals surface area (Å²) in [6.07, 6.45) is 0.810. The second-order valence-electron chi connectivity index (χ2n) is 9.25. The topological polar surface area (TPSA) is 120 Å². The SMILES string of the molecule is CCN(CC)C(COCC(C)C)CN(Cc1ccccc1)c1ccc(N(OP(=O)(O)O)S(C)(=O)=O)cc1. The van der Waals surface area contributed by atoms with Crippen molar-refractivity contribution in [3.63, 3.8) is 0 Å². The maximum Gasteiger partial charge on any atom is 0.492 e. The van der Waals surface area contributed by atoms with E-state index in [1.807, 2.05) is 30.3 Å². The standard InChI is InChI=1S/C25H40N3O7PS/c1-6-26(7-2)25(20-34-19-21(3)4)18-27(17-22-11-9-8-10-12-22)23-13-15-24(16-14-23)28(37(5,32)33)35-36(29,30)31/h8-16,21,25H,6-7,17-20H2,1-5H3,(H2,29,30,31). The Hall–Kier alpha value is -1.98. The lowest BCUT2D eigenvalue weighted by Crippen LogP contribution is -2.46. The predicted octanol–water partition coefficient (Wildman–Crippen LogP) is 3.87. The van der Waals surface area contributed by atoms with E-state index >= 15 is 0 Å². The van der Waals surface area contributed by atoms with Gasteiger partial charge in [0, 0.05) is 25.4 Å². The molecule has 0 fully saturated rings. The molecule has 1 atom stereocenters. The number of ether oxygens (including phenoxy) is 1. The number of rotatable bonds is 16. The molecule has 0 aromatic heterocycles. The van der Waals surface area contributed by atoms with Crippen LogP contribution in [0, 0.1) is 5.92 Å². The van der Waals surface area contributed by atoms with E-state index in [0.717, 1.165) is 30.6 Å². The first-order chi connectivity index (χ1) is 17.3. The predicted molar refractivity (Wildman–Crippen MR) is 147 cm³/mol. The summed E-state index contributed by atoms with van der Waals surface area (Å²) in [6.45, 7) is 12.7. The van der Waals surface area contributed by atoms with Gasteiger partial charge in [-0.2, -0.15) is 4.62 Å². The zero-order chi connectivity index (χ0) is 27.6. The molecule has 12 heteroatoms. The molecular formula is C25H40N3O7PS. The van der Waals surface area contributed by atoms with Gasteiger partial charge >= 0.3 is 7.82 Å². The van der Waals surface area contributed by atoms with Crippen LogP contribution in [-0.4, -0.2) is 68.3 Å². The highest BCUT2D eigenvalue weighted by Crippen LogP contribution is 2.40. The number of likely N-dealkylation sites (N-methyl/N-ethyl adjacent to an activating group) is 1. The quantitative estimate of drug-likeness (QED) is 0.234. The molecule has 0 bridgehead atoms. The number of sulfonamides is 1. The lowest BCUT2D eigenvalue weighted by Gasteiger charge is -2.36. The van der Waals surface area contributed by atoms with Gasteiger partial charge in [-0.15, -0.1) is 4.47 Å². The molecule has 208 valence electrons. The molecular weight excluding hydrogens is 517 g/mol. The minimum atomic E-state index is -5.10. The summed E-state index contributed by atoms with van der Waals surface area (Å²) in [4.78, 5) is 22.9. The first kappa shape index (κ1) is 31.2. The molecule has 0 aliphatic rings. The second-order valence-corrected chi connectivity index (χ2v) is 12.2. The molecule has 2 N–H and O–H groups in total. The van der Waals surface area contributed by atoms with Crippen LogP contribution in [0.5, 0.6) is 0 Å². The molecule has 0 aliphatic heterocycles. The number of nitrogens with zero attached hydrogens (tertiary/aromatic N) is 3. The van der Waals surface area contributed by atoms with Gasteiger partial charge < -0.3 is 19.4 Å². The van der Waals surface area contributed by atoms with E-state index in [1.54, 1.807) is 12.1 Å². The fourth-order valence-electron chi connectivity index (χ4n) is 3.95. The summed E-state index contributed by atoms with van der Waals surface area (Å²) in [7, 11) is -9.20. The second kappa shape index (κ2) is 14.2. The van der Waals surface area contributed by atoms with Gasteiger partial charge in [0.25, 0.3) is 10.0 Å². The summed E-state index contributed by atoms with van der Waals surface area (Å²) >= 11 is 0. The van der Waals surface area contributed by atoms with Crippen molar-refractivity contribution >= 4 is 29.2 Å². The van der Waals surface area contributed by atoms with Crippen molar-refractivity contribution in [3.8, 4) is 0 Å². The molecule has 2 rings (SSSR count).